The fourth-order valence-electron chi connectivity index (χ4n) is 4.96. The number of benzene rings is 3. The molecule has 3 heterocycles. The van der Waals surface area contributed by atoms with Gasteiger partial charge in [0.1, 0.15) is 11.4 Å². The fraction of sp³-hybridized carbons (Fsp3) is 0.276. The van der Waals surface area contributed by atoms with Gasteiger partial charge in [-0.2, -0.15) is 0 Å². The number of nitrogens with one attached hydrogen (secondary N) is 2. The number of imidazole rings is 2. The predicted molar refractivity (Wildman–Crippen MR) is 142 cm³/mol. The summed E-state index contributed by atoms with van der Waals surface area (Å²) >= 11 is 0. The molecule has 1 unspecified atom stereocenters. The third kappa shape index (κ3) is 4.21. The minimum absolute atomic E-state index is 0.0968. The third-order valence-electron chi connectivity index (χ3n) is 6.68. The summed E-state index contributed by atoms with van der Waals surface area (Å²) in [6.07, 6.45) is 5.06. The molecule has 0 aliphatic carbocycles. The fourth-order valence-corrected chi connectivity index (χ4v) is 4.96. The number of aromatic nitrogens is 4. The predicted octanol–water partition coefficient (Wildman–Crippen LogP) is 6.85. The Morgan fingerprint density at radius 2 is 1.72 bits per heavy atom. The number of likely N-dealkylation sites (tertiary alicyclic amines) is 1. The maximum atomic E-state index is 12.8. The van der Waals surface area contributed by atoms with Gasteiger partial charge in [0.15, 0.2) is 0 Å². The Morgan fingerprint density at radius 3 is 2.47 bits per heavy atom. The topological polar surface area (TPSA) is 86.9 Å². The highest BCUT2D eigenvalue weighted by Gasteiger charge is 2.35. The Hall–Kier alpha value is -4.13. The summed E-state index contributed by atoms with van der Waals surface area (Å²) in [6, 6.07) is 19.1. The second-order valence-corrected chi connectivity index (χ2v) is 10.4. The molecule has 1 amide bonds. The van der Waals surface area contributed by atoms with Gasteiger partial charge in [-0.15, -0.1) is 0 Å². The molecule has 2 N–H and O–H groups in total. The highest BCUT2D eigenvalue weighted by atomic mass is 16.6. The number of ether oxygens (including phenoxy) is 1. The summed E-state index contributed by atoms with van der Waals surface area (Å²) in [5.74, 6) is 0.815. The first-order valence-electron chi connectivity index (χ1n) is 12.4. The summed E-state index contributed by atoms with van der Waals surface area (Å²) in [5.41, 5.74) is 5.73. The first-order valence-corrected chi connectivity index (χ1v) is 12.4. The standard InChI is InChI=1S/C29H29N5O2/c1-29(2,3)36-28(35)34-12-4-5-26(34)27-32-23-11-10-21(15-24(23)33-27)19-6-7-20-14-22(9-8-18(20)13-19)25-16-30-17-31-25/h6-11,13-17,26H,4-5,12H2,1-3H3,(H,30,31)(H,32,33). The van der Waals surface area contributed by atoms with Crippen LogP contribution in [-0.4, -0.2) is 43.1 Å². The van der Waals surface area contributed by atoms with Crippen LogP contribution in [0.4, 0.5) is 4.79 Å². The van der Waals surface area contributed by atoms with Gasteiger partial charge in [-0.05, 0) is 79.8 Å². The number of hydrogen-bond donors (Lipinski definition) is 2. The number of carbonyl (C=O) groups excluding carboxylic acids is 1. The van der Waals surface area contributed by atoms with E-state index in [4.69, 9.17) is 9.72 Å². The molecule has 0 radical (unpaired) electrons. The Labute approximate surface area is 209 Å². The minimum Gasteiger partial charge on any atom is -0.444 e. The lowest BCUT2D eigenvalue weighted by molar-refractivity contribution is 0.0219. The van der Waals surface area contributed by atoms with E-state index in [-0.39, 0.29) is 12.1 Å². The van der Waals surface area contributed by atoms with E-state index in [9.17, 15) is 4.79 Å². The molecule has 1 fully saturated rings. The zero-order valence-corrected chi connectivity index (χ0v) is 20.7. The monoisotopic (exact) mass is 479 g/mol. The lowest BCUT2D eigenvalue weighted by Crippen LogP contribution is -2.36. The minimum atomic E-state index is -0.520. The normalized spacial score (nSPS) is 16.2. The number of aromatic amines is 2. The molecule has 1 atom stereocenters. The van der Waals surface area contributed by atoms with Crippen molar-refractivity contribution in [2.24, 2.45) is 0 Å². The Morgan fingerprint density at radius 1 is 1.00 bits per heavy atom. The first-order chi connectivity index (χ1) is 17.3. The van der Waals surface area contributed by atoms with E-state index in [0.717, 1.165) is 52.1 Å². The summed E-state index contributed by atoms with van der Waals surface area (Å²) in [4.78, 5) is 30.1. The largest absolute Gasteiger partial charge is 0.444 e. The van der Waals surface area contributed by atoms with Crippen molar-refractivity contribution in [3.63, 3.8) is 0 Å². The molecule has 1 aliphatic rings. The third-order valence-corrected chi connectivity index (χ3v) is 6.68. The average Bonchev–Trinajstić information content (AvgIpc) is 3.62. The molecule has 182 valence electrons. The molecule has 36 heavy (non-hydrogen) atoms. The lowest BCUT2D eigenvalue weighted by atomic mass is 9.99. The molecule has 7 nitrogen and oxygen atoms in total. The second kappa shape index (κ2) is 8.52. The van der Waals surface area contributed by atoms with Crippen LogP contribution >= 0.6 is 0 Å². The van der Waals surface area contributed by atoms with Crippen LogP contribution in [0.3, 0.4) is 0 Å². The van der Waals surface area contributed by atoms with Gasteiger partial charge in [0.05, 0.1) is 35.3 Å². The van der Waals surface area contributed by atoms with Gasteiger partial charge >= 0.3 is 6.09 Å². The maximum absolute atomic E-state index is 12.8. The van der Waals surface area contributed by atoms with Gasteiger partial charge in [-0.3, -0.25) is 4.90 Å². The Kier molecular flexibility index (Phi) is 5.29. The quantitative estimate of drug-likeness (QED) is 0.296. The molecule has 0 saturated carbocycles. The first kappa shape index (κ1) is 22.3. The van der Waals surface area contributed by atoms with Crippen LogP contribution in [-0.2, 0) is 4.74 Å². The molecular weight excluding hydrogens is 450 g/mol. The van der Waals surface area contributed by atoms with Gasteiger partial charge in [0, 0.05) is 12.1 Å². The van der Waals surface area contributed by atoms with E-state index in [0.29, 0.717) is 6.54 Å². The summed E-state index contributed by atoms with van der Waals surface area (Å²) in [6.45, 7) is 6.36. The van der Waals surface area contributed by atoms with Crippen molar-refractivity contribution >= 4 is 27.9 Å². The molecule has 6 rings (SSSR count). The van der Waals surface area contributed by atoms with Crippen LogP contribution in [0.15, 0.2) is 67.1 Å². The van der Waals surface area contributed by atoms with Crippen molar-refractivity contribution in [2.45, 2.75) is 45.3 Å². The smallest absolute Gasteiger partial charge is 0.410 e. The molecular formula is C29H29N5O2. The summed E-state index contributed by atoms with van der Waals surface area (Å²) in [5, 5.41) is 2.36. The van der Waals surface area contributed by atoms with Crippen molar-refractivity contribution in [2.75, 3.05) is 6.54 Å². The lowest BCUT2D eigenvalue weighted by Gasteiger charge is -2.27. The van der Waals surface area contributed by atoms with Crippen LogP contribution in [0.1, 0.15) is 45.5 Å². The molecule has 2 aromatic heterocycles. The number of H-pyrrole nitrogens is 2. The van der Waals surface area contributed by atoms with Gasteiger partial charge in [-0.25, -0.2) is 14.8 Å². The van der Waals surface area contributed by atoms with Gasteiger partial charge in [0.2, 0.25) is 0 Å². The summed E-state index contributed by atoms with van der Waals surface area (Å²) in [7, 11) is 0. The van der Waals surface area contributed by atoms with E-state index in [2.05, 4.69) is 63.5 Å². The maximum Gasteiger partial charge on any atom is 0.410 e. The Bertz CT molecular complexity index is 1560. The van der Waals surface area contributed by atoms with Crippen LogP contribution in [0.2, 0.25) is 0 Å². The molecule has 0 spiro atoms. The number of nitrogens with zero attached hydrogens (tertiary/aromatic N) is 3. The van der Waals surface area contributed by atoms with Crippen molar-refractivity contribution in [3.8, 4) is 22.4 Å². The number of rotatable bonds is 3. The molecule has 3 aromatic carbocycles. The second-order valence-electron chi connectivity index (χ2n) is 10.4. The highest BCUT2D eigenvalue weighted by molar-refractivity contribution is 5.91. The van der Waals surface area contributed by atoms with Crippen LogP contribution in [0.25, 0.3) is 44.2 Å². The molecule has 0 bridgehead atoms. The van der Waals surface area contributed by atoms with Crippen LogP contribution in [0.5, 0.6) is 0 Å². The van der Waals surface area contributed by atoms with E-state index in [1.807, 2.05) is 33.0 Å². The number of hydrogen-bond acceptors (Lipinski definition) is 4. The van der Waals surface area contributed by atoms with Gasteiger partial charge < -0.3 is 14.7 Å². The van der Waals surface area contributed by atoms with Gasteiger partial charge in [0.25, 0.3) is 0 Å². The molecule has 1 aliphatic heterocycles. The zero-order valence-electron chi connectivity index (χ0n) is 20.7. The van der Waals surface area contributed by atoms with E-state index < -0.39 is 5.60 Å². The molecule has 1 saturated heterocycles. The number of fused-ring (bicyclic) bond motifs is 2. The van der Waals surface area contributed by atoms with Gasteiger partial charge in [-0.1, -0.05) is 30.3 Å². The molecule has 7 heteroatoms. The highest BCUT2D eigenvalue weighted by Crippen LogP contribution is 2.34. The average molecular weight is 480 g/mol. The van der Waals surface area contributed by atoms with E-state index in [1.165, 1.54) is 10.8 Å². The van der Waals surface area contributed by atoms with E-state index >= 15 is 0 Å². The van der Waals surface area contributed by atoms with Crippen LogP contribution in [0, 0.1) is 0 Å². The molecule has 5 aromatic rings. The SMILES string of the molecule is CC(C)(C)OC(=O)N1CCCC1c1nc2ccc(-c3ccc4cc(-c5cnc[nH]5)ccc4c3)cc2[nH]1. The zero-order chi connectivity index (χ0) is 24.9. The summed E-state index contributed by atoms with van der Waals surface area (Å²) < 4.78 is 5.63. The van der Waals surface area contributed by atoms with Crippen molar-refractivity contribution in [3.05, 3.63) is 72.9 Å². The van der Waals surface area contributed by atoms with Crippen molar-refractivity contribution in [1.82, 2.24) is 24.8 Å². The Balaban J connectivity index is 1.29. The van der Waals surface area contributed by atoms with E-state index in [1.54, 1.807) is 11.2 Å². The number of amides is 1. The van der Waals surface area contributed by atoms with Crippen molar-refractivity contribution in [1.29, 1.82) is 0 Å². The number of carbonyl (C=O) groups is 1. The van der Waals surface area contributed by atoms with Crippen molar-refractivity contribution < 1.29 is 9.53 Å². The van der Waals surface area contributed by atoms with Crippen LogP contribution < -0.4 is 0 Å².